The average molecular weight is 496 g/mol. The number of amides is 2. The normalized spacial score (nSPS) is 12.3. The van der Waals surface area contributed by atoms with E-state index in [1.165, 1.54) is 5.56 Å². The molecule has 0 aliphatic rings. The van der Waals surface area contributed by atoms with E-state index in [1.54, 1.807) is 28.8 Å². The van der Waals surface area contributed by atoms with Crippen LogP contribution in [0, 0.1) is 0 Å². The van der Waals surface area contributed by atoms with E-state index in [2.05, 4.69) is 17.4 Å². The van der Waals surface area contributed by atoms with Crippen molar-refractivity contribution in [2.75, 3.05) is 5.75 Å². The van der Waals surface area contributed by atoms with Gasteiger partial charge in [0, 0.05) is 40.1 Å². The summed E-state index contributed by atoms with van der Waals surface area (Å²) in [6.45, 7) is 7.97. The zero-order chi connectivity index (χ0) is 23.7. The Morgan fingerprint density at radius 2 is 1.78 bits per heavy atom. The van der Waals surface area contributed by atoms with Gasteiger partial charge in [-0.3, -0.25) is 9.59 Å². The molecule has 0 heterocycles. The van der Waals surface area contributed by atoms with E-state index in [-0.39, 0.29) is 23.9 Å². The van der Waals surface area contributed by atoms with Crippen molar-refractivity contribution in [3.8, 4) is 0 Å². The van der Waals surface area contributed by atoms with E-state index >= 15 is 0 Å². The van der Waals surface area contributed by atoms with Crippen molar-refractivity contribution < 1.29 is 9.59 Å². The molecule has 7 heteroatoms. The Labute approximate surface area is 206 Å². The van der Waals surface area contributed by atoms with Gasteiger partial charge in [0.05, 0.1) is 0 Å². The van der Waals surface area contributed by atoms with Gasteiger partial charge in [0.15, 0.2) is 0 Å². The van der Waals surface area contributed by atoms with Gasteiger partial charge in [-0.1, -0.05) is 66.5 Å². The summed E-state index contributed by atoms with van der Waals surface area (Å²) in [6, 6.07) is 14.8. The number of benzene rings is 2. The maximum atomic E-state index is 13.3. The number of hydrogen-bond donors (Lipinski definition) is 1. The topological polar surface area (TPSA) is 49.4 Å². The number of hydrogen-bond acceptors (Lipinski definition) is 3. The van der Waals surface area contributed by atoms with Crippen molar-refractivity contribution in [3.63, 3.8) is 0 Å². The first-order valence-electron chi connectivity index (χ1n) is 10.8. The molecule has 0 radical (unpaired) electrons. The van der Waals surface area contributed by atoms with Gasteiger partial charge in [-0.05, 0) is 50.5 Å². The van der Waals surface area contributed by atoms with Crippen molar-refractivity contribution in [1.29, 1.82) is 0 Å². The molecule has 0 fully saturated rings. The smallest absolute Gasteiger partial charge is 0.243 e. The molecule has 4 nitrogen and oxygen atoms in total. The van der Waals surface area contributed by atoms with Gasteiger partial charge in [-0.25, -0.2) is 0 Å². The highest BCUT2D eigenvalue weighted by atomic mass is 35.5. The third-order valence-electron chi connectivity index (χ3n) is 4.81. The summed E-state index contributed by atoms with van der Waals surface area (Å²) in [4.78, 5) is 27.9. The zero-order valence-electron chi connectivity index (χ0n) is 19.2. The average Bonchev–Trinajstić information content (AvgIpc) is 2.72. The Balaban J connectivity index is 2.13. The van der Waals surface area contributed by atoms with Crippen molar-refractivity contribution >= 4 is 46.8 Å². The summed E-state index contributed by atoms with van der Waals surface area (Å²) >= 11 is 14.1. The molecule has 0 spiro atoms. The number of carbonyl (C=O) groups excluding carboxylic acids is 2. The van der Waals surface area contributed by atoms with Crippen LogP contribution < -0.4 is 5.32 Å². The van der Waals surface area contributed by atoms with Crippen LogP contribution in [0.25, 0.3) is 0 Å². The van der Waals surface area contributed by atoms with Gasteiger partial charge < -0.3 is 10.2 Å². The fraction of sp³-hybridized carbons (Fsp3) is 0.440. The number of thioether (sulfide) groups is 1. The number of rotatable bonds is 10. The molecular formula is C25H32Cl2N2O2S. The van der Waals surface area contributed by atoms with Gasteiger partial charge >= 0.3 is 0 Å². The monoisotopic (exact) mass is 494 g/mol. The van der Waals surface area contributed by atoms with Crippen LogP contribution in [0.3, 0.4) is 0 Å². The third-order valence-corrected chi connectivity index (χ3v) is 6.43. The predicted molar refractivity (Wildman–Crippen MR) is 136 cm³/mol. The number of nitrogens with zero attached hydrogens (tertiary/aromatic N) is 1. The lowest BCUT2D eigenvalue weighted by atomic mass is 10.1. The molecule has 1 N–H and O–H groups in total. The Bertz CT molecular complexity index is 901. The minimum Gasteiger partial charge on any atom is -0.350 e. The molecule has 32 heavy (non-hydrogen) atoms. The van der Waals surface area contributed by atoms with Gasteiger partial charge in [0.1, 0.15) is 6.04 Å². The molecule has 0 unspecified atom stereocenters. The van der Waals surface area contributed by atoms with Crippen LogP contribution in [0.15, 0.2) is 48.5 Å². The fourth-order valence-electron chi connectivity index (χ4n) is 3.27. The summed E-state index contributed by atoms with van der Waals surface area (Å²) in [7, 11) is 0. The molecule has 0 saturated carbocycles. The van der Waals surface area contributed by atoms with Crippen molar-refractivity contribution in [1.82, 2.24) is 10.2 Å². The van der Waals surface area contributed by atoms with Gasteiger partial charge in [-0.2, -0.15) is 11.8 Å². The number of carbonyl (C=O) groups is 2. The zero-order valence-corrected chi connectivity index (χ0v) is 21.5. The van der Waals surface area contributed by atoms with Crippen LogP contribution in [0.1, 0.15) is 51.7 Å². The summed E-state index contributed by atoms with van der Waals surface area (Å²) in [5.74, 6) is 1.30. The summed E-state index contributed by atoms with van der Waals surface area (Å²) in [5, 5.41) is 4.03. The van der Waals surface area contributed by atoms with Gasteiger partial charge in [-0.15, -0.1) is 0 Å². The Morgan fingerprint density at radius 3 is 2.38 bits per heavy atom. The van der Waals surface area contributed by atoms with Gasteiger partial charge in [0.2, 0.25) is 11.8 Å². The minimum atomic E-state index is -0.576. The highest BCUT2D eigenvalue weighted by Gasteiger charge is 2.30. The number of halogens is 2. The maximum Gasteiger partial charge on any atom is 0.243 e. The van der Waals surface area contributed by atoms with E-state index in [0.29, 0.717) is 28.6 Å². The second-order valence-corrected chi connectivity index (χ2v) is 10.7. The van der Waals surface area contributed by atoms with E-state index in [9.17, 15) is 9.59 Å². The SMILES string of the molecule is CC[C@H](C(=O)NC(C)(C)C)N(Cc1ccc(Cl)cc1Cl)C(=O)CCSCc1ccccc1. The highest BCUT2D eigenvalue weighted by Crippen LogP contribution is 2.24. The first kappa shape index (κ1) is 26.6. The van der Waals surface area contributed by atoms with E-state index in [4.69, 9.17) is 23.2 Å². The summed E-state index contributed by atoms with van der Waals surface area (Å²) in [5.41, 5.74) is 1.61. The van der Waals surface area contributed by atoms with Crippen molar-refractivity contribution in [2.45, 2.75) is 64.4 Å². The third kappa shape index (κ3) is 8.68. The molecule has 0 aliphatic carbocycles. The van der Waals surface area contributed by atoms with E-state index < -0.39 is 6.04 Å². The van der Waals surface area contributed by atoms with Crippen LogP contribution in [-0.4, -0.2) is 34.0 Å². The Hall–Kier alpha value is -1.69. The van der Waals surface area contributed by atoms with Crippen molar-refractivity contribution in [3.05, 3.63) is 69.7 Å². The lowest BCUT2D eigenvalue weighted by molar-refractivity contribution is -0.141. The molecular weight excluding hydrogens is 463 g/mol. The molecule has 0 aromatic heterocycles. The largest absolute Gasteiger partial charge is 0.350 e. The maximum absolute atomic E-state index is 13.3. The highest BCUT2D eigenvalue weighted by molar-refractivity contribution is 7.98. The van der Waals surface area contributed by atoms with Crippen LogP contribution >= 0.6 is 35.0 Å². The summed E-state index contributed by atoms with van der Waals surface area (Å²) < 4.78 is 0. The van der Waals surface area contributed by atoms with E-state index in [1.807, 2.05) is 52.0 Å². The minimum absolute atomic E-state index is 0.0625. The molecule has 0 bridgehead atoms. The fourth-order valence-corrected chi connectivity index (χ4v) is 4.63. The molecule has 0 saturated heterocycles. The Kier molecular flexibility index (Phi) is 10.4. The lowest BCUT2D eigenvalue weighted by Crippen LogP contribution is -2.53. The molecule has 2 amide bonds. The Morgan fingerprint density at radius 1 is 1.09 bits per heavy atom. The first-order valence-corrected chi connectivity index (χ1v) is 12.7. The lowest BCUT2D eigenvalue weighted by Gasteiger charge is -2.33. The standard InChI is InChI=1S/C25H32Cl2N2O2S/c1-5-22(24(31)28-25(2,3)4)29(16-19-11-12-20(26)15-21(19)27)23(30)13-14-32-17-18-9-7-6-8-10-18/h6-12,15,22H,5,13-14,16-17H2,1-4H3,(H,28,31)/t22-/m1/s1. The number of nitrogens with one attached hydrogen (secondary N) is 1. The van der Waals surface area contributed by atoms with E-state index in [0.717, 1.165) is 11.3 Å². The van der Waals surface area contributed by atoms with Crippen LogP contribution in [0.2, 0.25) is 10.0 Å². The second-order valence-electron chi connectivity index (χ2n) is 8.71. The summed E-state index contributed by atoms with van der Waals surface area (Å²) in [6.07, 6.45) is 0.859. The molecule has 174 valence electrons. The molecule has 2 aromatic rings. The van der Waals surface area contributed by atoms with Crippen LogP contribution in [0.4, 0.5) is 0 Å². The predicted octanol–water partition coefficient (Wildman–Crippen LogP) is 6.34. The first-order chi connectivity index (χ1) is 15.1. The second kappa shape index (κ2) is 12.5. The molecule has 2 aromatic carbocycles. The van der Waals surface area contributed by atoms with Gasteiger partial charge in [0.25, 0.3) is 0 Å². The molecule has 0 aliphatic heterocycles. The van der Waals surface area contributed by atoms with Crippen LogP contribution in [0.5, 0.6) is 0 Å². The molecule has 2 rings (SSSR count). The van der Waals surface area contributed by atoms with Crippen molar-refractivity contribution in [2.24, 2.45) is 0 Å². The molecule has 1 atom stereocenters. The quantitative estimate of drug-likeness (QED) is 0.392. The van der Waals surface area contributed by atoms with Crippen LogP contribution in [-0.2, 0) is 21.9 Å².